The molecule has 1 aromatic carbocycles. The summed E-state index contributed by atoms with van der Waals surface area (Å²) in [6.45, 7) is 0.554. The molecule has 2 aromatic rings. The molecule has 0 radical (unpaired) electrons. The second-order valence-electron chi connectivity index (χ2n) is 3.85. The molecule has 0 aliphatic heterocycles. The fourth-order valence-electron chi connectivity index (χ4n) is 1.63. The number of aromatic nitrogens is 2. The smallest absolute Gasteiger partial charge is 0.239 e. The third-order valence-corrected chi connectivity index (χ3v) is 2.48. The van der Waals surface area contributed by atoms with E-state index < -0.39 is 5.82 Å². The van der Waals surface area contributed by atoms with Gasteiger partial charge in [0.25, 0.3) is 0 Å². The van der Waals surface area contributed by atoms with Crippen LogP contribution in [0.25, 0.3) is 0 Å². The highest BCUT2D eigenvalue weighted by atomic mass is 19.1. The van der Waals surface area contributed by atoms with Crippen LogP contribution in [0.1, 0.15) is 5.56 Å². The van der Waals surface area contributed by atoms with Gasteiger partial charge in [-0.1, -0.05) is 30.3 Å². The zero-order valence-corrected chi connectivity index (χ0v) is 9.97. The Labute approximate surface area is 104 Å². The highest BCUT2D eigenvalue weighted by molar-refractivity contribution is 5.43. The lowest BCUT2D eigenvalue weighted by Gasteiger charge is -2.19. The fraction of sp³-hybridized carbons (Fsp3) is 0.167. The second kappa shape index (κ2) is 5.42. The van der Waals surface area contributed by atoms with Gasteiger partial charge >= 0.3 is 0 Å². The van der Waals surface area contributed by atoms with Crippen molar-refractivity contribution in [3.8, 4) is 0 Å². The maximum atomic E-state index is 13.6. The number of nitrogen functional groups attached to an aromatic ring is 1. The van der Waals surface area contributed by atoms with Gasteiger partial charge in [-0.25, -0.2) is 15.2 Å². The molecule has 0 saturated carbocycles. The van der Waals surface area contributed by atoms with Crippen LogP contribution in [-0.4, -0.2) is 17.0 Å². The van der Waals surface area contributed by atoms with E-state index in [1.165, 1.54) is 0 Å². The summed E-state index contributed by atoms with van der Waals surface area (Å²) in [6, 6.07) is 9.75. The topological polar surface area (TPSA) is 67.1 Å². The van der Waals surface area contributed by atoms with Gasteiger partial charge in [-0.3, -0.25) is 5.43 Å². The number of benzene rings is 1. The largest absolute Gasteiger partial charge is 0.353 e. The summed E-state index contributed by atoms with van der Waals surface area (Å²) in [5.41, 5.74) is 3.37. The van der Waals surface area contributed by atoms with E-state index in [1.54, 1.807) is 11.9 Å². The van der Waals surface area contributed by atoms with Crippen LogP contribution in [0.3, 0.4) is 0 Å². The van der Waals surface area contributed by atoms with Crippen molar-refractivity contribution in [3.63, 3.8) is 0 Å². The number of halogens is 1. The third-order valence-electron chi connectivity index (χ3n) is 2.48. The SMILES string of the molecule is CN(Cc1ccccc1)c1nc(NN)ncc1F. The lowest BCUT2D eigenvalue weighted by Crippen LogP contribution is -2.21. The summed E-state index contributed by atoms with van der Waals surface area (Å²) in [5.74, 6) is 5.12. The summed E-state index contributed by atoms with van der Waals surface area (Å²) in [4.78, 5) is 9.39. The molecule has 2 rings (SSSR count). The molecule has 0 bridgehead atoms. The van der Waals surface area contributed by atoms with Crippen LogP contribution >= 0.6 is 0 Å². The third kappa shape index (κ3) is 2.72. The number of hydrazine groups is 1. The average Bonchev–Trinajstić information content (AvgIpc) is 2.40. The summed E-state index contributed by atoms with van der Waals surface area (Å²) in [6.07, 6.45) is 1.10. The van der Waals surface area contributed by atoms with Gasteiger partial charge in [0.05, 0.1) is 6.20 Å². The van der Waals surface area contributed by atoms with Gasteiger partial charge in [0, 0.05) is 13.6 Å². The molecule has 0 saturated heterocycles. The molecule has 0 atom stereocenters. The molecule has 0 fully saturated rings. The van der Waals surface area contributed by atoms with Gasteiger partial charge in [0.1, 0.15) is 0 Å². The Balaban J connectivity index is 2.20. The lowest BCUT2D eigenvalue weighted by atomic mass is 10.2. The summed E-state index contributed by atoms with van der Waals surface area (Å²) < 4.78 is 13.6. The van der Waals surface area contributed by atoms with Gasteiger partial charge in [-0.15, -0.1) is 0 Å². The molecule has 6 heteroatoms. The van der Waals surface area contributed by atoms with Crippen LogP contribution in [0.2, 0.25) is 0 Å². The predicted octanol–water partition coefficient (Wildman–Crippen LogP) is 1.54. The first kappa shape index (κ1) is 12.3. The van der Waals surface area contributed by atoms with Crippen LogP contribution in [0.15, 0.2) is 36.5 Å². The number of nitrogens with zero attached hydrogens (tertiary/aromatic N) is 3. The van der Waals surface area contributed by atoms with E-state index in [-0.39, 0.29) is 11.8 Å². The van der Waals surface area contributed by atoms with Crippen molar-refractivity contribution in [2.75, 3.05) is 17.4 Å². The summed E-state index contributed by atoms with van der Waals surface area (Å²) in [7, 11) is 1.76. The summed E-state index contributed by atoms with van der Waals surface area (Å²) in [5, 5.41) is 0. The number of anilines is 2. The maximum absolute atomic E-state index is 13.6. The molecular formula is C12H14FN5. The van der Waals surface area contributed by atoms with Gasteiger partial charge in [-0.05, 0) is 5.56 Å². The zero-order valence-electron chi connectivity index (χ0n) is 9.97. The molecule has 0 spiro atoms. The first-order valence-corrected chi connectivity index (χ1v) is 5.45. The number of hydrogen-bond acceptors (Lipinski definition) is 5. The normalized spacial score (nSPS) is 10.2. The van der Waals surface area contributed by atoms with Crippen molar-refractivity contribution in [2.45, 2.75) is 6.54 Å². The van der Waals surface area contributed by atoms with Crippen molar-refractivity contribution >= 4 is 11.8 Å². The van der Waals surface area contributed by atoms with Crippen LogP contribution in [0.5, 0.6) is 0 Å². The first-order chi connectivity index (χ1) is 8.70. The molecule has 0 amide bonds. The quantitative estimate of drug-likeness (QED) is 0.633. The molecule has 5 nitrogen and oxygen atoms in total. The number of hydrogen-bond donors (Lipinski definition) is 2. The van der Waals surface area contributed by atoms with Gasteiger partial charge in [0.15, 0.2) is 11.6 Å². The Morgan fingerprint density at radius 2 is 2.06 bits per heavy atom. The Hall–Kier alpha value is -2.21. The number of nitrogens with two attached hydrogens (primary N) is 1. The van der Waals surface area contributed by atoms with Crippen LogP contribution in [0, 0.1) is 5.82 Å². The molecule has 94 valence electrons. The molecule has 1 aromatic heterocycles. The molecular weight excluding hydrogens is 233 g/mol. The van der Waals surface area contributed by atoms with Crippen molar-refractivity contribution in [2.24, 2.45) is 5.84 Å². The zero-order chi connectivity index (χ0) is 13.0. The predicted molar refractivity (Wildman–Crippen MR) is 68.3 cm³/mol. The molecule has 18 heavy (non-hydrogen) atoms. The van der Waals surface area contributed by atoms with Gasteiger partial charge in [0.2, 0.25) is 5.95 Å². The number of rotatable bonds is 4. The fourth-order valence-corrected chi connectivity index (χ4v) is 1.63. The average molecular weight is 247 g/mol. The minimum Gasteiger partial charge on any atom is -0.353 e. The van der Waals surface area contributed by atoms with Crippen molar-refractivity contribution in [1.82, 2.24) is 9.97 Å². The Bertz CT molecular complexity index is 517. The Morgan fingerprint density at radius 3 is 2.72 bits per heavy atom. The van der Waals surface area contributed by atoms with E-state index in [0.717, 1.165) is 11.8 Å². The van der Waals surface area contributed by atoms with E-state index in [0.29, 0.717) is 6.54 Å². The maximum Gasteiger partial charge on any atom is 0.239 e. The molecule has 0 aliphatic carbocycles. The standard InChI is InChI=1S/C12H14FN5/c1-18(8-9-5-3-2-4-6-9)11-10(13)7-15-12(16-11)17-14/h2-7H,8,14H2,1H3,(H,15,16,17). The highest BCUT2D eigenvalue weighted by Gasteiger charge is 2.11. The minimum absolute atomic E-state index is 0.186. The molecule has 0 unspecified atom stereocenters. The lowest BCUT2D eigenvalue weighted by molar-refractivity contribution is 0.607. The van der Waals surface area contributed by atoms with Gasteiger partial charge < -0.3 is 4.90 Å². The summed E-state index contributed by atoms with van der Waals surface area (Å²) >= 11 is 0. The van der Waals surface area contributed by atoms with Crippen LogP contribution in [0.4, 0.5) is 16.2 Å². The van der Waals surface area contributed by atoms with E-state index in [1.807, 2.05) is 30.3 Å². The first-order valence-electron chi connectivity index (χ1n) is 5.45. The van der Waals surface area contributed by atoms with Crippen LogP contribution < -0.4 is 16.2 Å². The second-order valence-corrected chi connectivity index (χ2v) is 3.85. The van der Waals surface area contributed by atoms with E-state index >= 15 is 0 Å². The Kier molecular flexibility index (Phi) is 3.69. The van der Waals surface area contributed by atoms with Crippen molar-refractivity contribution in [3.05, 3.63) is 47.9 Å². The number of nitrogens with one attached hydrogen (secondary N) is 1. The Morgan fingerprint density at radius 1 is 1.33 bits per heavy atom. The van der Waals surface area contributed by atoms with E-state index in [4.69, 9.17) is 5.84 Å². The monoisotopic (exact) mass is 247 g/mol. The highest BCUT2D eigenvalue weighted by Crippen LogP contribution is 2.17. The van der Waals surface area contributed by atoms with Crippen molar-refractivity contribution < 1.29 is 4.39 Å². The minimum atomic E-state index is -0.479. The molecule has 3 N–H and O–H groups in total. The van der Waals surface area contributed by atoms with E-state index in [2.05, 4.69) is 15.4 Å². The molecule has 0 aliphatic rings. The van der Waals surface area contributed by atoms with E-state index in [9.17, 15) is 4.39 Å². The van der Waals surface area contributed by atoms with Crippen LogP contribution in [-0.2, 0) is 6.54 Å². The van der Waals surface area contributed by atoms with Crippen molar-refractivity contribution in [1.29, 1.82) is 0 Å². The molecule has 1 heterocycles. The van der Waals surface area contributed by atoms with Gasteiger partial charge in [-0.2, -0.15) is 4.98 Å².